The van der Waals surface area contributed by atoms with Crippen molar-refractivity contribution in [1.82, 2.24) is 14.8 Å². The Bertz CT molecular complexity index is 536. The Balaban J connectivity index is 2.80. The van der Waals surface area contributed by atoms with Crippen LogP contribution in [-0.2, 0) is 0 Å². The fourth-order valence-electron chi connectivity index (χ4n) is 1.55. The van der Waals surface area contributed by atoms with E-state index in [-0.39, 0.29) is 0 Å². The molecule has 0 saturated heterocycles. The maximum atomic E-state index is 6.16. The highest BCUT2D eigenvalue weighted by Gasteiger charge is 2.10. The Morgan fingerprint density at radius 1 is 1.40 bits per heavy atom. The van der Waals surface area contributed by atoms with Crippen LogP contribution in [0, 0.1) is 18.6 Å². The molecule has 0 fully saturated rings. The number of aromatic amines is 1. The average molecular weight is 240 g/mol. The van der Waals surface area contributed by atoms with Gasteiger partial charge in [0.05, 0.1) is 10.7 Å². The Morgan fingerprint density at radius 2 is 2.13 bits per heavy atom. The number of benzene rings is 1. The number of halogens is 1. The standard InChI is InChI=1S/C10H10ClN3S/c1-6-4-3-5-8(11)9(6)14-7(2)12-13-10(14)15/h3-5H,1-2H3,(H,13,15). The Morgan fingerprint density at radius 3 is 2.67 bits per heavy atom. The van der Waals surface area contributed by atoms with Crippen molar-refractivity contribution in [2.45, 2.75) is 13.8 Å². The van der Waals surface area contributed by atoms with E-state index >= 15 is 0 Å². The normalized spacial score (nSPS) is 10.6. The van der Waals surface area contributed by atoms with E-state index < -0.39 is 0 Å². The van der Waals surface area contributed by atoms with Crippen LogP contribution in [0.5, 0.6) is 0 Å². The van der Waals surface area contributed by atoms with Crippen molar-refractivity contribution in [1.29, 1.82) is 0 Å². The fourth-order valence-corrected chi connectivity index (χ4v) is 2.12. The van der Waals surface area contributed by atoms with Gasteiger partial charge in [-0.3, -0.25) is 9.67 Å². The number of H-pyrrole nitrogens is 1. The third-order valence-electron chi connectivity index (χ3n) is 2.25. The molecule has 0 bridgehead atoms. The van der Waals surface area contributed by atoms with E-state index in [9.17, 15) is 0 Å². The highest BCUT2D eigenvalue weighted by molar-refractivity contribution is 7.71. The first-order valence-corrected chi connectivity index (χ1v) is 5.29. The zero-order chi connectivity index (χ0) is 11.0. The molecule has 0 aliphatic carbocycles. The second-order valence-electron chi connectivity index (χ2n) is 3.32. The number of rotatable bonds is 1. The predicted octanol–water partition coefficient (Wildman–Crippen LogP) is 3.20. The quantitative estimate of drug-likeness (QED) is 0.776. The van der Waals surface area contributed by atoms with Crippen molar-refractivity contribution >= 4 is 23.8 Å². The van der Waals surface area contributed by atoms with Gasteiger partial charge in [0.1, 0.15) is 5.82 Å². The van der Waals surface area contributed by atoms with Gasteiger partial charge in [-0.1, -0.05) is 23.7 Å². The summed E-state index contributed by atoms with van der Waals surface area (Å²) in [6.07, 6.45) is 0. The van der Waals surface area contributed by atoms with Crippen molar-refractivity contribution in [3.63, 3.8) is 0 Å². The molecule has 0 atom stereocenters. The largest absolute Gasteiger partial charge is 0.271 e. The van der Waals surface area contributed by atoms with Crippen LogP contribution in [-0.4, -0.2) is 14.8 Å². The molecular formula is C10H10ClN3S. The molecule has 15 heavy (non-hydrogen) atoms. The van der Waals surface area contributed by atoms with Gasteiger partial charge < -0.3 is 0 Å². The molecule has 1 N–H and O–H groups in total. The van der Waals surface area contributed by atoms with Gasteiger partial charge in [0.25, 0.3) is 0 Å². The Labute approximate surface area is 97.7 Å². The van der Waals surface area contributed by atoms with Crippen molar-refractivity contribution in [2.75, 3.05) is 0 Å². The lowest BCUT2D eigenvalue weighted by Gasteiger charge is -2.09. The third-order valence-corrected chi connectivity index (χ3v) is 2.83. The monoisotopic (exact) mass is 239 g/mol. The maximum absolute atomic E-state index is 6.16. The second kappa shape index (κ2) is 3.79. The lowest BCUT2D eigenvalue weighted by molar-refractivity contribution is 0.954. The fraction of sp³-hybridized carbons (Fsp3) is 0.200. The lowest BCUT2D eigenvalue weighted by Crippen LogP contribution is -2.00. The summed E-state index contributed by atoms with van der Waals surface area (Å²) in [6, 6.07) is 5.76. The van der Waals surface area contributed by atoms with E-state index in [2.05, 4.69) is 10.2 Å². The van der Waals surface area contributed by atoms with Crippen molar-refractivity contribution in [3.05, 3.63) is 39.4 Å². The summed E-state index contributed by atoms with van der Waals surface area (Å²) in [5, 5.41) is 7.49. The van der Waals surface area contributed by atoms with E-state index in [0.717, 1.165) is 17.1 Å². The average Bonchev–Trinajstić information content (AvgIpc) is 2.49. The first-order valence-electron chi connectivity index (χ1n) is 4.51. The molecular weight excluding hydrogens is 230 g/mol. The summed E-state index contributed by atoms with van der Waals surface area (Å²) in [7, 11) is 0. The maximum Gasteiger partial charge on any atom is 0.199 e. The van der Waals surface area contributed by atoms with Crippen LogP contribution in [0.15, 0.2) is 18.2 Å². The summed E-state index contributed by atoms with van der Waals surface area (Å²) < 4.78 is 2.40. The molecule has 1 aromatic carbocycles. The van der Waals surface area contributed by atoms with Crippen molar-refractivity contribution < 1.29 is 0 Å². The molecule has 0 spiro atoms. The van der Waals surface area contributed by atoms with Crippen LogP contribution in [0.1, 0.15) is 11.4 Å². The SMILES string of the molecule is Cc1cccc(Cl)c1-n1c(C)n[nH]c1=S. The van der Waals surface area contributed by atoms with Gasteiger partial charge in [0.15, 0.2) is 4.77 Å². The highest BCUT2D eigenvalue weighted by Crippen LogP contribution is 2.24. The van der Waals surface area contributed by atoms with Crippen LogP contribution in [0.3, 0.4) is 0 Å². The Hall–Kier alpha value is -1.13. The molecule has 0 radical (unpaired) electrons. The molecule has 3 nitrogen and oxygen atoms in total. The minimum atomic E-state index is 0.559. The lowest BCUT2D eigenvalue weighted by atomic mass is 10.2. The molecule has 78 valence electrons. The molecule has 2 rings (SSSR count). The van der Waals surface area contributed by atoms with Gasteiger partial charge in [0.2, 0.25) is 0 Å². The summed E-state index contributed by atoms with van der Waals surface area (Å²) in [6.45, 7) is 3.88. The zero-order valence-electron chi connectivity index (χ0n) is 8.41. The van der Waals surface area contributed by atoms with E-state index in [1.165, 1.54) is 0 Å². The number of nitrogens with one attached hydrogen (secondary N) is 1. The number of para-hydroxylation sites is 1. The molecule has 0 aliphatic heterocycles. The smallest absolute Gasteiger partial charge is 0.199 e. The number of hydrogen-bond donors (Lipinski definition) is 1. The molecule has 0 amide bonds. The minimum absolute atomic E-state index is 0.559. The van der Waals surface area contributed by atoms with Crippen LogP contribution in [0.2, 0.25) is 5.02 Å². The van der Waals surface area contributed by atoms with Gasteiger partial charge in [0, 0.05) is 0 Å². The highest BCUT2D eigenvalue weighted by atomic mass is 35.5. The van der Waals surface area contributed by atoms with Crippen LogP contribution >= 0.6 is 23.8 Å². The molecule has 1 aromatic heterocycles. The number of aryl methyl sites for hydroxylation is 2. The third kappa shape index (κ3) is 1.70. The molecule has 1 heterocycles. The first kappa shape index (κ1) is 10.4. The molecule has 0 unspecified atom stereocenters. The zero-order valence-corrected chi connectivity index (χ0v) is 9.99. The molecule has 0 aliphatic rings. The van der Waals surface area contributed by atoms with Crippen LogP contribution in [0.25, 0.3) is 5.69 Å². The summed E-state index contributed by atoms with van der Waals surface area (Å²) in [5.74, 6) is 0.802. The molecule has 5 heteroatoms. The Kier molecular flexibility index (Phi) is 2.63. The number of hydrogen-bond acceptors (Lipinski definition) is 2. The van der Waals surface area contributed by atoms with Gasteiger partial charge in [-0.05, 0) is 37.7 Å². The topological polar surface area (TPSA) is 33.6 Å². The number of nitrogens with zero attached hydrogens (tertiary/aromatic N) is 2. The van der Waals surface area contributed by atoms with Gasteiger partial charge in [-0.15, -0.1) is 0 Å². The van der Waals surface area contributed by atoms with Crippen LogP contribution in [0.4, 0.5) is 0 Å². The number of aromatic nitrogens is 3. The second-order valence-corrected chi connectivity index (χ2v) is 4.11. The van der Waals surface area contributed by atoms with E-state index in [0.29, 0.717) is 9.79 Å². The molecule has 0 saturated carbocycles. The summed E-state index contributed by atoms with van der Waals surface area (Å²) in [4.78, 5) is 0. The minimum Gasteiger partial charge on any atom is -0.271 e. The predicted molar refractivity (Wildman–Crippen MR) is 63.2 cm³/mol. The van der Waals surface area contributed by atoms with Crippen molar-refractivity contribution in [3.8, 4) is 5.69 Å². The van der Waals surface area contributed by atoms with Gasteiger partial charge in [-0.2, -0.15) is 5.10 Å². The summed E-state index contributed by atoms with van der Waals surface area (Å²) >= 11 is 11.3. The van der Waals surface area contributed by atoms with Gasteiger partial charge in [-0.25, -0.2) is 0 Å². The van der Waals surface area contributed by atoms with Crippen molar-refractivity contribution in [2.24, 2.45) is 0 Å². The first-order chi connectivity index (χ1) is 7.11. The van der Waals surface area contributed by atoms with E-state index in [1.807, 2.05) is 36.6 Å². The van der Waals surface area contributed by atoms with E-state index in [1.54, 1.807) is 0 Å². The molecule has 2 aromatic rings. The van der Waals surface area contributed by atoms with Gasteiger partial charge >= 0.3 is 0 Å². The summed E-state index contributed by atoms with van der Waals surface area (Å²) in [5.41, 5.74) is 1.97. The van der Waals surface area contributed by atoms with Crippen LogP contribution < -0.4 is 0 Å². The van der Waals surface area contributed by atoms with E-state index in [4.69, 9.17) is 23.8 Å².